The number of halogens is 3. The molecule has 1 aromatic carbocycles. The molecule has 0 saturated carbocycles. The minimum absolute atomic E-state index is 0.0327. The standard InChI is InChI=1S/C14H16I3NO4/c1-3-4-5-18(8(2)19)13-9(15)6-10(16)14(12(13)17)22-7-11(20)21/h6H,3-5,7H2,1-2H3,(H,20,21). The molecular weight excluding hydrogens is 627 g/mol. The number of carboxylic acid groups (broad SMARTS) is 1. The monoisotopic (exact) mass is 643 g/mol. The SMILES string of the molecule is CCCCN(C(C)=O)c1c(I)cc(I)c(OCC(=O)O)c1I. The van der Waals surface area contributed by atoms with E-state index >= 15 is 0 Å². The predicted molar refractivity (Wildman–Crippen MR) is 111 cm³/mol. The molecule has 1 amide bonds. The number of amides is 1. The van der Waals surface area contributed by atoms with Crippen LogP contribution in [0.4, 0.5) is 5.69 Å². The lowest BCUT2D eigenvalue weighted by Gasteiger charge is -2.25. The van der Waals surface area contributed by atoms with Crippen LogP contribution in [-0.2, 0) is 9.59 Å². The van der Waals surface area contributed by atoms with Gasteiger partial charge < -0.3 is 14.7 Å². The van der Waals surface area contributed by atoms with Crippen LogP contribution < -0.4 is 9.64 Å². The summed E-state index contributed by atoms with van der Waals surface area (Å²) in [6, 6.07) is 1.90. The second kappa shape index (κ2) is 9.45. The van der Waals surface area contributed by atoms with Crippen molar-refractivity contribution in [1.82, 2.24) is 0 Å². The molecule has 0 aliphatic rings. The zero-order valence-corrected chi connectivity index (χ0v) is 18.6. The number of carboxylic acids is 1. The number of carbonyl (C=O) groups is 2. The Morgan fingerprint density at radius 1 is 1.27 bits per heavy atom. The zero-order chi connectivity index (χ0) is 16.9. The molecule has 0 saturated heterocycles. The third-order valence-electron chi connectivity index (χ3n) is 2.83. The van der Waals surface area contributed by atoms with Crippen molar-refractivity contribution in [2.24, 2.45) is 0 Å². The molecule has 0 unspecified atom stereocenters. The van der Waals surface area contributed by atoms with Crippen molar-refractivity contribution in [2.75, 3.05) is 18.1 Å². The fourth-order valence-electron chi connectivity index (χ4n) is 1.82. The van der Waals surface area contributed by atoms with E-state index in [1.165, 1.54) is 6.92 Å². The van der Waals surface area contributed by atoms with E-state index < -0.39 is 12.6 Å². The molecule has 0 aromatic heterocycles. The average Bonchev–Trinajstić information content (AvgIpc) is 2.41. The number of nitrogens with zero attached hydrogens (tertiary/aromatic N) is 1. The first-order chi connectivity index (χ1) is 10.3. The second-order valence-corrected chi connectivity index (χ2v) is 7.94. The summed E-state index contributed by atoms with van der Waals surface area (Å²) in [4.78, 5) is 24.5. The van der Waals surface area contributed by atoms with Gasteiger partial charge in [0.15, 0.2) is 6.61 Å². The van der Waals surface area contributed by atoms with Gasteiger partial charge in [-0.05, 0) is 80.3 Å². The average molecular weight is 643 g/mol. The van der Waals surface area contributed by atoms with Crippen molar-refractivity contribution in [3.8, 4) is 5.75 Å². The van der Waals surface area contributed by atoms with Crippen LogP contribution in [0.3, 0.4) is 0 Å². The highest BCUT2D eigenvalue weighted by Crippen LogP contribution is 2.39. The van der Waals surface area contributed by atoms with E-state index in [0.717, 1.165) is 29.2 Å². The molecule has 0 spiro atoms. The van der Waals surface area contributed by atoms with E-state index in [9.17, 15) is 9.59 Å². The van der Waals surface area contributed by atoms with E-state index in [1.54, 1.807) is 4.90 Å². The molecule has 1 rings (SSSR count). The first-order valence-electron chi connectivity index (χ1n) is 6.59. The topological polar surface area (TPSA) is 66.8 Å². The fourth-order valence-corrected chi connectivity index (χ4v) is 6.08. The van der Waals surface area contributed by atoms with Crippen LogP contribution in [0.2, 0.25) is 0 Å². The van der Waals surface area contributed by atoms with Gasteiger partial charge in [0.05, 0.1) is 12.8 Å². The highest BCUT2D eigenvalue weighted by molar-refractivity contribution is 14.1. The Balaban J connectivity index is 3.30. The molecule has 0 aliphatic carbocycles. The van der Waals surface area contributed by atoms with Gasteiger partial charge in [-0.1, -0.05) is 13.3 Å². The first-order valence-corrected chi connectivity index (χ1v) is 9.83. The Bertz CT molecular complexity index is 578. The molecule has 22 heavy (non-hydrogen) atoms. The summed E-state index contributed by atoms with van der Waals surface area (Å²) >= 11 is 6.43. The van der Waals surface area contributed by atoms with Gasteiger partial charge in [0.1, 0.15) is 5.75 Å². The summed E-state index contributed by atoms with van der Waals surface area (Å²) < 4.78 is 7.94. The summed E-state index contributed by atoms with van der Waals surface area (Å²) in [5, 5.41) is 8.80. The number of unbranched alkanes of at least 4 members (excludes halogenated alkanes) is 1. The van der Waals surface area contributed by atoms with Crippen LogP contribution in [0.15, 0.2) is 6.07 Å². The number of aliphatic carboxylic acids is 1. The zero-order valence-electron chi connectivity index (χ0n) is 12.2. The Labute approximate surface area is 170 Å². The number of hydrogen-bond donors (Lipinski definition) is 1. The van der Waals surface area contributed by atoms with E-state index in [0.29, 0.717) is 12.3 Å². The number of rotatable bonds is 7. The lowest BCUT2D eigenvalue weighted by molar-refractivity contribution is -0.139. The maximum Gasteiger partial charge on any atom is 0.341 e. The molecule has 8 heteroatoms. The molecule has 0 aliphatic heterocycles. The summed E-state index contributed by atoms with van der Waals surface area (Å²) in [5.41, 5.74) is 0.794. The third-order valence-corrected chi connectivity index (χ3v) is 5.45. The molecule has 0 fully saturated rings. The Morgan fingerprint density at radius 2 is 1.91 bits per heavy atom. The third kappa shape index (κ3) is 5.35. The molecule has 0 radical (unpaired) electrons. The minimum Gasteiger partial charge on any atom is -0.480 e. The van der Waals surface area contributed by atoms with Crippen molar-refractivity contribution >= 4 is 85.3 Å². The second-order valence-electron chi connectivity index (χ2n) is 4.54. The van der Waals surface area contributed by atoms with Gasteiger partial charge in [0, 0.05) is 17.0 Å². The number of benzene rings is 1. The summed E-state index contributed by atoms with van der Waals surface area (Å²) in [5.74, 6) is -0.544. The number of ether oxygens (including phenoxy) is 1. The van der Waals surface area contributed by atoms with E-state index in [-0.39, 0.29) is 5.91 Å². The predicted octanol–water partition coefficient (Wildman–Crippen LogP) is 4.12. The normalized spacial score (nSPS) is 10.4. The summed E-state index contributed by atoms with van der Waals surface area (Å²) in [6.45, 7) is 3.85. The first kappa shape index (κ1) is 20.2. The Morgan fingerprint density at radius 3 is 2.41 bits per heavy atom. The summed E-state index contributed by atoms with van der Waals surface area (Å²) in [6.07, 6.45) is 1.90. The molecule has 1 N–H and O–H groups in total. The Hall–Kier alpha value is 0.150. The largest absolute Gasteiger partial charge is 0.480 e. The summed E-state index contributed by atoms with van der Waals surface area (Å²) in [7, 11) is 0. The number of hydrogen-bond acceptors (Lipinski definition) is 3. The smallest absolute Gasteiger partial charge is 0.341 e. The van der Waals surface area contributed by atoms with Crippen LogP contribution in [-0.4, -0.2) is 30.1 Å². The number of carbonyl (C=O) groups excluding carboxylic acids is 1. The van der Waals surface area contributed by atoms with Gasteiger partial charge in [-0.3, -0.25) is 4.79 Å². The van der Waals surface area contributed by atoms with Gasteiger partial charge in [-0.15, -0.1) is 0 Å². The highest BCUT2D eigenvalue weighted by Gasteiger charge is 2.22. The molecule has 1 aromatic rings. The van der Waals surface area contributed by atoms with Crippen molar-refractivity contribution in [1.29, 1.82) is 0 Å². The van der Waals surface area contributed by atoms with E-state index in [1.807, 2.05) is 6.07 Å². The molecular formula is C14H16I3NO4. The molecule has 0 atom stereocenters. The minimum atomic E-state index is -1.03. The highest BCUT2D eigenvalue weighted by atomic mass is 127. The van der Waals surface area contributed by atoms with Gasteiger partial charge in [0.25, 0.3) is 0 Å². The van der Waals surface area contributed by atoms with E-state index in [4.69, 9.17) is 9.84 Å². The Kier molecular flexibility index (Phi) is 8.67. The van der Waals surface area contributed by atoms with Gasteiger partial charge in [-0.25, -0.2) is 4.79 Å². The molecule has 122 valence electrons. The maximum absolute atomic E-state index is 12.0. The van der Waals surface area contributed by atoms with Crippen LogP contribution >= 0.6 is 67.8 Å². The van der Waals surface area contributed by atoms with Crippen molar-refractivity contribution in [3.05, 3.63) is 16.8 Å². The van der Waals surface area contributed by atoms with E-state index in [2.05, 4.69) is 74.7 Å². The van der Waals surface area contributed by atoms with Gasteiger partial charge in [-0.2, -0.15) is 0 Å². The fraction of sp³-hybridized carbons (Fsp3) is 0.429. The lowest BCUT2D eigenvalue weighted by atomic mass is 10.2. The maximum atomic E-state index is 12.0. The van der Waals surface area contributed by atoms with Crippen LogP contribution in [0, 0.1) is 10.7 Å². The van der Waals surface area contributed by atoms with Gasteiger partial charge in [0.2, 0.25) is 5.91 Å². The van der Waals surface area contributed by atoms with Gasteiger partial charge >= 0.3 is 5.97 Å². The van der Waals surface area contributed by atoms with Crippen LogP contribution in [0.5, 0.6) is 5.75 Å². The van der Waals surface area contributed by atoms with Crippen LogP contribution in [0.1, 0.15) is 26.7 Å². The molecule has 0 bridgehead atoms. The number of anilines is 1. The molecule has 5 nitrogen and oxygen atoms in total. The molecule has 0 heterocycles. The van der Waals surface area contributed by atoms with Crippen molar-refractivity contribution in [2.45, 2.75) is 26.7 Å². The quantitative estimate of drug-likeness (QED) is 0.455. The lowest BCUT2D eigenvalue weighted by Crippen LogP contribution is -2.31. The van der Waals surface area contributed by atoms with Crippen LogP contribution in [0.25, 0.3) is 0 Å². The van der Waals surface area contributed by atoms with Crippen molar-refractivity contribution in [3.63, 3.8) is 0 Å². The van der Waals surface area contributed by atoms with Crippen molar-refractivity contribution < 1.29 is 19.4 Å².